The highest BCUT2D eigenvalue weighted by atomic mass is 16.5. The minimum Gasteiger partial charge on any atom is -0.365 e. The third-order valence-corrected chi connectivity index (χ3v) is 4.03. The number of hydrogen-bond acceptors (Lipinski definition) is 5. The molecule has 2 atom stereocenters. The van der Waals surface area contributed by atoms with Crippen LogP contribution in [0.25, 0.3) is 0 Å². The molecule has 1 saturated heterocycles. The number of amides is 1. The van der Waals surface area contributed by atoms with Crippen LogP contribution in [-0.2, 0) is 11.2 Å². The molecule has 0 aliphatic carbocycles. The van der Waals surface area contributed by atoms with E-state index in [9.17, 15) is 4.79 Å². The Labute approximate surface area is 134 Å². The van der Waals surface area contributed by atoms with Gasteiger partial charge in [-0.3, -0.25) is 14.9 Å². The lowest BCUT2D eigenvalue weighted by Gasteiger charge is -2.13. The molecule has 0 aromatic carbocycles. The first kappa shape index (κ1) is 15.6. The number of ether oxygens (including phenoxy) is 1. The molecule has 2 aromatic rings. The summed E-state index contributed by atoms with van der Waals surface area (Å²) in [6.45, 7) is 4.37. The summed E-state index contributed by atoms with van der Waals surface area (Å²) in [7, 11) is 0. The molecule has 0 spiro atoms. The Hall–Kier alpha value is -2.28. The minimum absolute atomic E-state index is 0.00494. The van der Waals surface area contributed by atoms with Crippen LogP contribution >= 0.6 is 0 Å². The van der Waals surface area contributed by atoms with E-state index in [2.05, 4.69) is 25.5 Å². The van der Waals surface area contributed by atoms with Crippen LogP contribution in [0.3, 0.4) is 0 Å². The highest BCUT2D eigenvalue weighted by molar-refractivity contribution is 5.95. The first-order valence-corrected chi connectivity index (χ1v) is 7.92. The molecule has 1 fully saturated rings. The molecule has 23 heavy (non-hydrogen) atoms. The fraction of sp³-hybridized carbons (Fsp3) is 0.500. The van der Waals surface area contributed by atoms with Crippen LogP contribution in [0.2, 0.25) is 0 Å². The fourth-order valence-corrected chi connectivity index (χ4v) is 2.78. The van der Waals surface area contributed by atoms with Gasteiger partial charge in [0.05, 0.1) is 6.10 Å². The van der Waals surface area contributed by atoms with Gasteiger partial charge in [-0.2, -0.15) is 5.10 Å². The van der Waals surface area contributed by atoms with E-state index < -0.39 is 0 Å². The zero-order chi connectivity index (χ0) is 16.2. The van der Waals surface area contributed by atoms with E-state index in [1.165, 1.54) is 0 Å². The van der Waals surface area contributed by atoms with Gasteiger partial charge < -0.3 is 10.1 Å². The SMILES string of the molecule is CCc1cnccc1C(=O)NC[C@H]1CC[C@@H](c2n[nH]c(C)n2)O1. The Morgan fingerprint density at radius 3 is 3.09 bits per heavy atom. The van der Waals surface area contributed by atoms with Crippen LogP contribution in [-0.4, -0.2) is 38.7 Å². The quantitative estimate of drug-likeness (QED) is 0.876. The fourth-order valence-electron chi connectivity index (χ4n) is 2.78. The van der Waals surface area contributed by atoms with Gasteiger partial charge in [-0.25, -0.2) is 4.98 Å². The summed E-state index contributed by atoms with van der Waals surface area (Å²) < 4.78 is 5.93. The summed E-state index contributed by atoms with van der Waals surface area (Å²) in [5.41, 5.74) is 1.63. The van der Waals surface area contributed by atoms with Crippen LogP contribution in [0.15, 0.2) is 18.5 Å². The van der Waals surface area contributed by atoms with Gasteiger partial charge in [-0.1, -0.05) is 6.92 Å². The molecule has 7 heteroatoms. The summed E-state index contributed by atoms with van der Waals surface area (Å²) in [6, 6.07) is 1.75. The maximum atomic E-state index is 12.3. The average molecular weight is 315 g/mol. The third kappa shape index (κ3) is 3.56. The van der Waals surface area contributed by atoms with E-state index in [4.69, 9.17) is 4.74 Å². The molecule has 3 rings (SSSR count). The Morgan fingerprint density at radius 1 is 1.48 bits per heavy atom. The third-order valence-electron chi connectivity index (χ3n) is 4.03. The number of carbonyl (C=O) groups is 1. The molecule has 0 unspecified atom stereocenters. The van der Waals surface area contributed by atoms with Crippen molar-refractivity contribution in [3.05, 3.63) is 41.2 Å². The second-order valence-electron chi connectivity index (χ2n) is 5.70. The number of aryl methyl sites for hydroxylation is 2. The van der Waals surface area contributed by atoms with Crippen molar-refractivity contribution in [3.63, 3.8) is 0 Å². The summed E-state index contributed by atoms with van der Waals surface area (Å²) in [6.07, 6.45) is 5.82. The zero-order valence-electron chi connectivity index (χ0n) is 13.4. The van der Waals surface area contributed by atoms with E-state index in [0.29, 0.717) is 17.9 Å². The molecule has 2 aromatic heterocycles. The van der Waals surface area contributed by atoms with Gasteiger partial charge in [-0.05, 0) is 37.8 Å². The topological polar surface area (TPSA) is 92.8 Å². The van der Waals surface area contributed by atoms with Gasteiger partial charge in [0.15, 0.2) is 5.82 Å². The summed E-state index contributed by atoms with van der Waals surface area (Å²) in [5, 5.41) is 9.92. The molecule has 0 bridgehead atoms. The minimum atomic E-state index is -0.0889. The zero-order valence-corrected chi connectivity index (χ0v) is 13.4. The van der Waals surface area contributed by atoms with Crippen molar-refractivity contribution in [1.29, 1.82) is 0 Å². The molecule has 122 valence electrons. The standard InChI is InChI=1S/C16H21N5O2/c1-3-11-8-17-7-6-13(11)16(22)18-9-12-4-5-14(23-12)15-19-10(2)20-21-15/h6-8,12,14H,3-5,9H2,1-2H3,(H,18,22)(H,19,20,21)/t12-,14+/m1/s1. The van der Waals surface area contributed by atoms with Crippen molar-refractivity contribution in [2.24, 2.45) is 0 Å². The van der Waals surface area contributed by atoms with E-state index >= 15 is 0 Å². The number of hydrogen-bond donors (Lipinski definition) is 2. The predicted octanol–water partition coefficient (Wildman–Crippen LogP) is 1.72. The number of carbonyl (C=O) groups excluding carboxylic acids is 1. The highest BCUT2D eigenvalue weighted by Gasteiger charge is 2.29. The Morgan fingerprint density at radius 2 is 2.35 bits per heavy atom. The van der Waals surface area contributed by atoms with Crippen molar-refractivity contribution in [3.8, 4) is 0 Å². The number of rotatable bonds is 5. The van der Waals surface area contributed by atoms with Crippen LogP contribution in [0.1, 0.15) is 53.4 Å². The summed E-state index contributed by atoms with van der Waals surface area (Å²) >= 11 is 0. The number of pyridine rings is 1. The van der Waals surface area contributed by atoms with Crippen molar-refractivity contribution in [1.82, 2.24) is 25.5 Å². The Kier molecular flexibility index (Phi) is 4.66. The first-order valence-electron chi connectivity index (χ1n) is 7.92. The maximum absolute atomic E-state index is 12.3. The lowest BCUT2D eigenvalue weighted by atomic mass is 10.1. The molecule has 2 N–H and O–H groups in total. The second-order valence-corrected chi connectivity index (χ2v) is 5.70. The normalized spacial score (nSPS) is 20.6. The molecule has 0 saturated carbocycles. The predicted molar refractivity (Wildman–Crippen MR) is 83.9 cm³/mol. The number of aromatic nitrogens is 4. The molecule has 1 aliphatic rings. The molecule has 0 radical (unpaired) electrons. The summed E-state index contributed by atoms with van der Waals surface area (Å²) in [4.78, 5) is 20.7. The lowest BCUT2D eigenvalue weighted by Crippen LogP contribution is -2.32. The van der Waals surface area contributed by atoms with Gasteiger partial charge in [0, 0.05) is 24.5 Å². The van der Waals surface area contributed by atoms with Gasteiger partial charge >= 0.3 is 0 Å². The Balaban J connectivity index is 1.54. The highest BCUT2D eigenvalue weighted by Crippen LogP contribution is 2.30. The van der Waals surface area contributed by atoms with Gasteiger partial charge in [0.1, 0.15) is 11.9 Å². The average Bonchev–Trinajstić information content (AvgIpc) is 3.21. The van der Waals surface area contributed by atoms with Crippen LogP contribution in [0.5, 0.6) is 0 Å². The van der Waals surface area contributed by atoms with Gasteiger partial charge in [0.2, 0.25) is 0 Å². The number of H-pyrrole nitrogens is 1. The number of nitrogens with zero attached hydrogens (tertiary/aromatic N) is 3. The van der Waals surface area contributed by atoms with Crippen molar-refractivity contribution in [2.75, 3.05) is 6.54 Å². The van der Waals surface area contributed by atoms with Crippen molar-refractivity contribution < 1.29 is 9.53 Å². The molecule has 3 heterocycles. The van der Waals surface area contributed by atoms with E-state index in [0.717, 1.165) is 30.7 Å². The molecule has 1 amide bonds. The largest absolute Gasteiger partial charge is 0.365 e. The van der Waals surface area contributed by atoms with E-state index in [-0.39, 0.29) is 18.1 Å². The molecule has 7 nitrogen and oxygen atoms in total. The summed E-state index contributed by atoms with van der Waals surface area (Å²) in [5.74, 6) is 1.40. The monoisotopic (exact) mass is 315 g/mol. The molecular formula is C16H21N5O2. The Bertz CT molecular complexity index is 685. The molecular weight excluding hydrogens is 294 g/mol. The number of aromatic amines is 1. The van der Waals surface area contributed by atoms with Crippen molar-refractivity contribution in [2.45, 2.75) is 45.3 Å². The molecule has 1 aliphatic heterocycles. The van der Waals surface area contributed by atoms with Crippen LogP contribution in [0.4, 0.5) is 0 Å². The smallest absolute Gasteiger partial charge is 0.251 e. The van der Waals surface area contributed by atoms with Crippen molar-refractivity contribution >= 4 is 5.91 Å². The lowest BCUT2D eigenvalue weighted by molar-refractivity contribution is 0.0392. The van der Waals surface area contributed by atoms with Crippen LogP contribution < -0.4 is 5.32 Å². The van der Waals surface area contributed by atoms with E-state index in [1.54, 1.807) is 18.5 Å². The number of nitrogens with one attached hydrogen (secondary N) is 2. The first-order chi connectivity index (χ1) is 11.2. The van der Waals surface area contributed by atoms with Crippen LogP contribution in [0, 0.1) is 6.92 Å². The maximum Gasteiger partial charge on any atom is 0.251 e. The van der Waals surface area contributed by atoms with E-state index in [1.807, 2.05) is 13.8 Å². The second kappa shape index (κ2) is 6.87. The van der Waals surface area contributed by atoms with Gasteiger partial charge in [-0.15, -0.1) is 0 Å². The van der Waals surface area contributed by atoms with Gasteiger partial charge in [0.25, 0.3) is 5.91 Å².